The molecular formula is C9H23NO5P2. The minimum absolute atomic E-state index is 0.525. The second kappa shape index (κ2) is 8.41. The molecule has 2 unspecified atom stereocenters. The van der Waals surface area contributed by atoms with E-state index in [9.17, 15) is 9.13 Å². The van der Waals surface area contributed by atoms with E-state index in [4.69, 9.17) is 20.4 Å². The molecular weight excluding hydrogens is 264 g/mol. The third kappa shape index (κ3) is 8.95. The fourth-order valence-electron chi connectivity index (χ4n) is 1.45. The molecule has 0 spiro atoms. The Labute approximate surface area is 103 Å². The lowest BCUT2D eigenvalue weighted by Gasteiger charge is -2.07. The van der Waals surface area contributed by atoms with Gasteiger partial charge in [-0.2, -0.15) is 0 Å². The molecule has 104 valence electrons. The molecule has 6 nitrogen and oxygen atoms in total. The molecule has 0 radical (unpaired) electrons. The van der Waals surface area contributed by atoms with Crippen molar-refractivity contribution in [2.45, 2.75) is 56.9 Å². The molecule has 1 aliphatic carbocycles. The molecule has 0 bridgehead atoms. The lowest BCUT2D eigenvalue weighted by molar-refractivity contribution is 0.367. The van der Waals surface area contributed by atoms with E-state index in [0.717, 1.165) is 6.92 Å². The Morgan fingerprint density at radius 1 is 1.24 bits per heavy atom. The van der Waals surface area contributed by atoms with Crippen LogP contribution in [0.25, 0.3) is 0 Å². The summed E-state index contributed by atoms with van der Waals surface area (Å²) in [6.45, 7) is 1.04. The minimum Gasteiger partial charge on any atom is -0.346 e. The first-order chi connectivity index (χ1) is 7.75. The second-order valence-corrected chi connectivity index (χ2v) is 8.34. The first kappa shape index (κ1) is 17.3. The van der Waals surface area contributed by atoms with Crippen molar-refractivity contribution in [1.82, 2.24) is 0 Å². The van der Waals surface area contributed by atoms with E-state index >= 15 is 0 Å². The average molecular weight is 287 g/mol. The molecule has 0 aromatic heterocycles. The molecule has 8 heteroatoms. The van der Waals surface area contributed by atoms with Crippen LogP contribution in [0.15, 0.2) is 0 Å². The van der Waals surface area contributed by atoms with Crippen LogP contribution in [0, 0.1) is 0 Å². The third-order valence-electron chi connectivity index (χ3n) is 2.76. The molecule has 2 atom stereocenters. The van der Waals surface area contributed by atoms with E-state index in [1.165, 1.54) is 38.5 Å². The molecule has 0 amide bonds. The van der Waals surface area contributed by atoms with Crippen LogP contribution in [0.1, 0.15) is 45.4 Å². The van der Waals surface area contributed by atoms with Gasteiger partial charge in [-0.15, -0.1) is 0 Å². The molecule has 1 saturated carbocycles. The molecule has 1 aliphatic rings. The molecule has 1 rings (SSSR count). The second-order valence-electron chi connectivity index (χ2n) is 4.35. The fourth-order valence-corrected chi connectivity index (χ4v) is 2.61. The highest BCUT2D eigenvalue weighted by Crippen LogP contribution is 2.50. The predicted molar refractivity (Wildman–Crippen MR) is 68.4 cm³/mol. The van der Waals surface area contributed by atoms with Crippen LogP contribution in [-0.2, 0) is 9.13 Å². The third-order valence-corrected chi connectivity index (χ3v) is 6.16. The van der Waals surface area contributed by atoms with Gasteiger partial charge in [-0.3, -0.25) is 9.13 Å². The molecule has 1 fully saturated rings. The summed E-state index contributed by atoms with van der Waals surface area (Å²) < 4.78 is 20.2. The Bertz CT molecular complexity index is 273. The van der Waals surface area contributed by atoms with Gasteiger partial charge in [0.2, 0.25) is 8.03 Å². The number of hydrogen-bond donors (Lipinski definition) is 4. The average Bonchev–Trinajstić information content (AvgIpc) is 2.44. The lowest BCUT2D eigenvalue weighted by atomic mass is 10.1. The molecule has 0 aliphatic heterocycles. The maximum atomic E-state index is 10.1. The Morgan fingerprint density at radius 2 is 1.65 bits per heavy atom. The van der Waals surface area contributed by atoms with Gasteiger partial charge in [0.1, 0.15) is 5.40 Å². The van der Waals surface area contributed by atoms with Crippen LogP contribution in [0.4, 0.5) is 0 Å². The van der Waals surface area contributed by atoms with E-state index in [1.54, 1.807) is 0 Å². The zero-order chi connectivity index (χ0) is 13.5. The van der Waals surface area contributed by atoms with Crippen molar-refractivity contribution >= 4 is 15.6 Å². The lowest BCUT2D eigenvalue weighted by Crippen LogP contribution is -2.17. The smallest absolute Gasteiger partial charge is 0.337 e. The van der Waals surface area contributed by atoms with Gasteiger partial charge in [0.15, 0.2) is 0 Å². The number of rotatable bonds is 2. The van der Waals surface area contributed by atoms with Gasteiger partial charge in [0.05, 0.1) is 0 Å². The standard InChI is InChI=1S/C7H15N.C2H8O5P2/c8-7-5-3-1-2-4-6-7;1-2(8(3)4)9(5,6)7/h7H,1-6,8H2;2,8H,1H3,(H,3,4)(H2,5,6,7). The Balaban J connectivity index is 0.000000302. The van der Waals surface area contributed by atoms with Gasteiger partial charge in [0, 0.05) is 6.04 Å². The van der Waals surface area contributed by atoms with Gasteiger partial charge >= 0.3 is 7.60 Å². The highest BCUT2D eigenvalue weighted by atomic mass is 31.2. The first-order valence-corrected chi connectivity index (χ1v) is 8.90. The van der Waals surface area contributed by atoms with E-state index in [-0.39, 0.29) is 0 Å². The van der Waals surface area contributed by atoms with Gasteiger partial charge in [0.25, 0.3) is 0 Å². The zero-order valence-corrected chi connectivity index (χ0v) is 12.0. The Kier molecular flexibility index (Phi) is 8.56. The molecule has 0 saturated heterocycles. The largest absolute Gasteiger partial charge is 0.346 e. The van der Waals surface area contributed by atoms with Crippen molar-refractivity contribution < 1.29 is 23.8 Å². The SMILES string of the molecule is CC([PH](=O)O)P(=O)(O)O.NC1CCCCCC1. The summed E-state index contributed by atoms with van der Waals surface area (Å²) in [5.74, 6) is 0. The van der Waals surface area contributed by atoms with Gasteiger partial charge in [-0.25, -0.2) is 0 Å². The normalized spacial score (nSPS) is 21.9. The molecule has 0 heterocycles. The Morgan fingerprint density at radius 3 is 1.88 bits per heavy atom. The van der Waals surface area contributed by atoms with E-state index in [0.29, 0.717) is 6.04 Å². The first-order valence-electron chi connectivity index (χ1n) is 5.78. The summed E-state index contributed by atoms with van der Waals surface area (Å²) in [6, 6.07) is 0.525. The van der Waals surface area contributed by atoms with Crippen LogP contribution >= 0.6 is 15.6 Å². The highest BCUT2D eigenvalue weighted by molar-refractivity contribution is 7.65. The predicted octanol–water partition coefficient (Wildman–Crippen LogP) is 1.64. The van der Waals surface area contributed by atoms with Crippen LogP contribution in [0.5, 0.6) is 0 Å². The van der Waals surface area contributed by atoms with E-state index in [1.807, 2.05) is 0 Å². The van der Waals surface area contributed by atoms with Crippen LogP contribution < -0.4 is 5.73 Å². The summed E-state index contributed by atoms with van der Waals surface area (Å²) >= 11 is 0. The number of nitrogens with two attached hydrogens (primary N) is 1. The summed E-state index contributed by atoms with van der Waals surface area (Å²) in [4.78, 5) is 24.7. The molecule has 0 aromatic rings. The van der Waals surface area contributed by atoms with Gasteiger partial charge < -0.3 is 20.4 Å². The van der Waals surface area contributed by atoms with E-state index in [2.05, 4.69) is 0 Å². The van der Waals surface area contributed by atoms with Crippen LogP contribution in [-0.4, -0.2) is 26.1 Å². The molecule has 0 aromatic carbocycles. The minimum atomic E-state index is -4.33. The summed E-state index contributed by atoms with van der Waals surface area (Å²) in [5.41, 5.74) is 5.73. The summed E-state index contributed by atoms with van der Waals surface area (Å²) in [7, 11) is -7.41. The quantitative estimate of drug-likeness (QED) is 0.452. The van der Waals surface area contributed by atoms with Crippen molar-refractivity contribution in [2.24, 2.45) is 5.73 Å². The molecule has 5 N–H and O–H groups in total. The monoisotopic (exact) mass is 287 g/mol. The maximum Gasteiger partial charge on any atom is 0.337 e. The van der Waals surface area contributed by atoms with Gasteiger partial charge in [-0.05, 0) is 19.8 Å². The zero-order valence-electron chi connectivity index (χ0n) is 10.1. The highest BCUT2D eigenvalue weighted by Gasteiger charge is 2.27. The number of hydrogen-bond acceptors (Lipinski definition) is 3. The van der Waals surface area contributed by atoms with Crippen molar-refractivity contribution in [3.8, 4) is 0 Å². The van der Waals surface area contributed by atoms with E-state index < -0.39 is 21.0 Å². The van der Waals surface area contributed by atoms with Crippen molar-refractivity contribution in [1.29, 1.82) is 0 Å². The fraction of sp³-hybridized carbons (Fsp3) is 1.00. The summed E-state index contributed by atoms with van der Waals surface area (Å²) in [5, 5.41) is -1.41. The van der Waals surface area contributed by atoms with Crippen molar-refractivity contribution in [3.63, 3.8) is 0 Å². The summed E-state index contributed by atoms with van der Waals surface area (Å²) in [6.07, 6.45) is 8.07. The van der Waals surface area contributed by atoms with Crippen LogP contribution in [0.3, 0.4) is 0 Å². The van der Waals surface area contributed by atoms with Crippen molar-refractivity contribution in [2.75, 3.05) is 0 Å². The van der Waals surface area contributed by atoms with Crippen molar-refractivity contribution in [3.05, 3.63) is 0 Å². The topological polar surface area (TPSA) is 121 Å². The maximum absolute atomic E-state index is 10.1. The molecule has 17 heavy (non-hydrogen) atoms. The van der Waals surface area contributed by atoms with Gasteiger partial charge in [-0.1, -0.05) is 25.7 Å². The van der Waals surface area contributed by atoms with Crippen LogP contribution in [0.2, 0.25) is 0 Å². The Hall–Kier alpha value is 0.300.